The second-order valence-electron chi connectivity index (χ2n) is 5.77. The number of amides is 2. The van der Waals surface area contributed by atoms with Crippen molar-refractivity contribution >= 4 is 11.8 Å². The molecule has 1 aromatic heterocycles. The number of primary amides is 1. The van der Waals surface area contributed by atoms with Crippen molar-refractivity contribution in [2.45, 2.75) is 38.2 Å². The maximum atomic E-state index is 12.1. The van der Waals surface area contributed by atoms with E-state index >= 15 is 0 Å². The summed E-state index contributed by atoms with van der Waals surface area (Å²) in [7, 11) is 0. The monoisotopic (exact) mass is 277 g/mol. The Kier molecular flexibility index (Phi) is 3.76. The number of hydrogen-bond donors (Lipinski definition) is 3. The molecule has 0 radical (unpaired) electrons. The Morgan fingerprint density at radius 3 is 2.60 bits per heavy atom. The smallest absolute Gasteiger partial charge is 0.270 e. The van der Waals surface area contributed by atoms with E-state index < -0.39 is 17.4 Å². The number of aromatic nitrogens is 1. The number of carbonyl (C=O) groups is 2. The third-order valence-electron chi connectivity index (χ3n) is 3.07. The highest BCUT2D eigenvalue weighted by Crippen LogP contribution is 2.39. The Bertz CT molecular complexity index is 545. The third-order valence-corrected chi connectivity index (χ3v) is 3.07. The van der Waals surface area contributed by atoms with Gasteiger partial charge in [0.15, 0.2) is 0 Å². The minimum atomic E-state index is -1.03. The lowest BCUT2D eigenvalue weighted by Crippen LogP contribution is -2.39. The normalized spacial score (nSPS) is 14.9. The van der Waals surface area contributed by atoms with E-state index in [0.29, 0.717) is 5.92 Å². The molecular formula is C14H19N3O3. The van der Waals surface area contributed by atoms with Gasteiger partial charge in [-0.05, 0) is 38.8 Å². The zero-order chi connectivity index (χ0) is 14.9. The number of carbonyl (C=O) groups excluding carboxylic acids is 2. The summed E-state index contributed by atoms with van der Waals surface area (Å²) in [5, 5.41) is 12.2. The first-order valence-electron chi connectivity index (χ1n) is 6.59. The van der Waals surface area contributed by atoms with Crippen LogP contribution in [0.1, 0.15) is 59.1 Å². The zero-order valence-electron chi connectivity index (χ0n) is 11.6. The fourth-order valence-corrected chi connectivity index (χ4v) is 1.83. The number of nitrogens with two attached hydrogens (primary N) is 1. The molecular weight excluding hydrogens is 258 g/mol. The Morgan fingerprint density at radius 2 is 2.10 bits per heavy atom. The lowest BCUT2D eigenvalue weighted by Gasteiger charge is -2.18. The predicted octanol–water partition coefficient (Wildman–Crippen LogP) is 0.559. The van der Waals surface area contributed by atoms with E-state index in [2.05, 4.69) is 10.3 Å². The summed E-state index contributed by atoms with van der Waals surface area (Å²) in [6.07, 6.45) is 2.10. The molecule has 2 rings (SSSR count). The largest absolute Gasteiger partial charge is 0.389 e. The molecule has 0 atom stereocenters. The third kappa shape index (κ3) is 3.54. The van der Waals surface area contributed by atoms with Gasteiger partial charge in [0.05, 0.1) is 11.2 Å². The predicted molar refractivity (Wildman–Crippen MR) is 73.4 cm³/mol. The first-order valence-corrected chi connectivity index (χ1v) is 6.59. The van der Waals surface area contributed by atoms with Gasteiger partial charge in [-0.3, -0.25) is 9.59 Å². The summed E-state index contributed by atoms with van der Waals surface area (Å²) >= 11 is 0. The second kappa shape index (κ2) is 5.20. The number of nitrogens with one attached hydrogen (secondary N) is 1. The Morgan fingerprint density at radius 1 is 1.45 bits per heavy atom. The summed E-state index contributed by atoms with van der Waals surface area (Å²) < 4.78 is 0. The van der Waals surface area contributed by atoms with E-state index in [0.717, 1.165) is 18.5 Å². The lowest BCUT2D eigenvalue weighted by atomic mass is 10.1. The lowest BCUT2D eigenvalue weighted by molar-refractivity contribution is 0.0690. The van der Waals surface area contributed by atoms with Crippen LogP contribution in [0.5, 0.6) is 0 Å². The molecule has 2 amide bonds. The SMILES string of the molecule is CC(C)(O)CNC(=O)c1nc(C2CC2)ccc1C(N)=O. The van der Waals surface area contributed by atoms with E-state index in [1.54, 1.807) is 26.0 Å². The highest BCUT2D eigenvalue weighted by Gasteiger charge is 2.28. The molecule has 0 spiro atoms. The van der Waals surface area contributed by atoms with Crippen molar-refractivity contribution in [3.63, 3.8) is 0 Å². The maximum absolute atomic E-state index is 12.1. The summed E-state index contributed by atoms with van der Waals surface area (Å²) in [5.41, 5.74) is 5.18. The Balaban J connectivity index is 2.24. The molecule has 0 saturated heterocycles. The topological polar surface area (TPSA) is 105 Å². The van der Waals surface area contributed by atoms with Crippen LogP contribution in [-0.4, -0.2) is 34.1 Å². The van der Waals surface area contributed by atoms with Crippen LogP contribution in [0.2, 0.25) is 0 Å². The van der Waals surface area contributed by atoms with Crippen LogP contribution in [0.15, 0.2) is 12.1 Å². The van der Waals surface area contributed by atoms with Gasteiger partial charge >= 0.3 is 0 Å². The number of nitrogens with zero attached hydrogens (tertiary/aromatic N) is 1. The molecule has 4 N–H and O–H groups in total. The van der Waals surface area contributed by atoms with Crippen molar-refractivity contribution < 1.29 is 14.7 Å². The first-order chi connectivity index (χ1) is 9.28. The van der Waals surface area contributed by atoms with Crippen molar-refractivity contribution in [3.8, 4) is 0 Å². The molecule has 0 unspecified atom stereocenters. The van der Waals surface area contributed by atoms with Crippen LogP contribution < -0.4 is 11.1 Å². The molecule has 1 aliphatic carbocycles. The van der Waals surface area contributed by atoms with Gasteiger partial charge in [-0.1, -0.05) is 0 Å². The summed E-state index contributed by atoms with van der Waals surface area (Å²) in [4.78, 5) is 27.8. The van der Waals surface area contributed by atoms with Crippen molar-refractivity contribution in [1.29, 1.82) is 0 Å². The van der Waals surface area contributed by atoms with Gasteiger partial charge in [-0.15, -0.1) is 0 Å². The van der Waals surface area contributed by atoms with Crippen LogP contribution >= 0.6 is 0 Å². The van der Waals surface area contributed by atoms with E-state index in [-0.39, 0.29) is 17.8 Å². The number of pyridine rings is 1. The summed E-state index contributed by atoms with van der Waals surface area (Å²) in [6.45, 7) is 3.23. The molecule has 108 valence electrons. The van der Waals surface area contributed by atoms with Gasteiger partial charge in [0.25, 0.3) is 11.8 Å². The Labute approximate surface area is 117 Å². The highest BCUT2D eigenvalue weighted by atomic mass is 16.3. The first kappa shape index (κ1) is 14.5. The molecule has 0 aromatic carbocycles. The van der Waals surface area contributed by atoms with Crippen LogP contribution in [0.4, 0.5) is 0 Å². The van der Waals surface area contributed by atoms with E-state index in [9.17, 15) is 14.7 Å². The van der Waals surface area contributed by atoms with E-state index in [4.69, 9.17) is 5.73 Å². The standard InChI is InChI=1S/C14H19N3O3/c1-14(2,20)7-16-13(19)11-9(12(15)18)5-6-10(17-11)8-3-4-8/h5-6,8,20H,3-4,7H2,1-2H3,(H2,15,18)(H,16,19). The molecule has 1 saturated carbocycles. The average molecular weight is 277 g/mol. The maximum Gasteiger partial charge on any atom is 0.270 e. The molecule has 1 aromatic rings. The van der Waals surface area contributed by atoms with Crippen LogP contribution in [-0.2, 0) is 0 Å². The minimum Gasteiger partial charge on any atom is -0.389 e. The Hall–Kier alpha value is -1.95. The second-order valence-corrected chi connectivity index (χ2v) is 5.77. The average Bonchev–Trinajstić information content (AvgIpc) is 3.18. The number of hydrogen-bond acceptors (Lipinski definition) is 4. The highest BCUT2D eigenvalue weighted by molar-refractivity contribution is 6.05. The van der Waals surface area contributed by atoms with Gasteiger partial charge in [-0.2, -0.15) is 0 Å². The van der Waals surface area contributed by atoms with Gasteiger partial charge in [0, 0.05) is 18.2 Å². The van der Waals surface area contributed by atoms with Gasteiger partial charge < -0.3 is 16.2 Å². The van der Waals surface area contributed by atoms with Gasteiger partial charge in [0.2, 0.25) is 0 Å². The number of aliphatic hydroxyl groups is 1. The molecule has 1 aliphatic rings. The molecule has 6 nitrogen and oxygen atoms in total. The van der Waals surface area contributed by atoms with E-state index in [1.807, 2.05) is 0 Å². The summed E-state index contributed by atoms with van der Waals surface area (Å²) in [5.74, 6) is -0.811. The van der Waals surface area contributed by atoms with Crippen molar-refractivity contribution in [2.75, 3.05) is 6.54 Å². The van der Waals surface area contributed by atoms with E-state index in [1.165, 1.54) is 0 Å². The number of rotatable bonds is 5. The molecule has 1 fully saturated rings. The van der Waals surface area contributed by atoms with Crippen molar-refractivity contribution in [2.24, 2.45) is 5.73 Å². The summed E-state index contributed by atoms with van der Waals surface area (Å²) in [6, 6.07) is 3.28. The van der Waals surface area contributed by atoms with Crippen molar-refractivity contribution in [1.82, 2.24) is 10.3 Å². The van der Waals surface area contributed by atoms with Crippen molar-refractivity contribution in [3.05, 3.63) is 29.1 Å². The van der Waals surface area contributed by atoms with Gasteiger partial charge in [-0.25, -0.2) is 4.98 Å². The fraction of sp³-hybridized carbons (Fsp3) is 0.500. The quantitative estimate of drug-likeness (QED) is 0.731. The fourth-order valence-electron chi connectivity index (χ4n) is 1.83. The van der Waals surface area contributed by atoms with Crippen LogP contribution in [0.3, 0.4) is 0 Å². The minimum absolute atomic E-state index is 0.0335. The zero-order valence-corrected chi connectivity index (χ0v) is 11.6. The molecule has 0 bridgehead atoms. The molecule has 20 heavy (non-hydrogen) atoms. The molecule has 0 aliphatic heterocycles. The van der Waals surface area contributed by atoms with Gasteiger partial charge in [0.1, 0.15) is 5.69 Å². The van der Waals surface area contributed by atoms with Crippen LogP contribution in [0, 0.1) is 0 Å². The van der Waals surface area contributed by atoms with Crippen LogP contribution in [0.25, 0.3) is 0 Å². The molecule has 1 heterocycles. The molecule has 6 heteroatoms.